The largest absolute Gasteiger partial charge is 0.308 e. The van der Waals surface area contributed by atoms with Crippen LogP contribution < -0.4 is 4.90 Å². The standard InChI is InChI=1S/C32H32FN3O2/c1-3-27(37)13-11-20-6-4-9-26(15-20)36(32(38)28-16-21-10-12-22(28)14-21)19-24-8-5-7-23-17-25-18-34-35(2)31(25)30(33)29(23)24/h4-9,11,13,15,17-18,21-22,28H,3,10,12,14,16,19H2,1-2H3/b13-11+/t21-,22+,28?/m0/s1. The van der Waals surface area contributed by atoms with Gasteiger partial charge in [-0.15, -0.1) is 0 Å². The number of carbonyl (C=O) groups excluding carboxylic acids is 2. The average Bonchev–Trinajstić information content (AvgIpc) is 3.66. The molecule has 3 atom stereocenters. The first-order valence-electron chi connectivity index (χ1n) is 13.6. The Kier molecular flexibility index (Phi) is 6.34. The third-order valence-electron chi connectivity index (χ3n) is 8.53. The SMILES string of the molecule is CCC(=O)/C=C/c1cccc(N(Cc2cccc3cc4cnn(C)c4c(F)c23)C(=O)C2C[C@H]3CC[C@@H]2C3)c1. The number of anilines is 1. The van der Waals surface area contributed by atoms with Crippen molar-refractivity contribution in [3.05, 3.63) is 77.7 Å². The van der Waals surface area contributed by atoms with Crippen LogP contribution in [0.5, 0.6) is 0 Å². The number of fused-ring (bicyclic) bond motifs is 4. The molecule has 4 aromatic rings. The van der Waals surface area contributed by atoms with E-state index in [-0.39, 0.29) is 30.0 Å². The second-order valence-corrected chi connectivity index (χ2v) is 10.9. The van der Waals surface area contributed by atoms with Crippen LogP contribution in [0.1, 0.15) is 50.2 Å². The predicted molar refractivity (Wildman–Crippen MR) is 149 cm³/mol. The van der Waals surface area contributed by atoms with Gasteiger partial charge in [0.25, 0.3) is 0 Å². The molecule has 0 radical (unpaired) electrons. The Morgan fingerprint density at radius 1 is 1.11 bits per heavy atom. The lowest BCUT2D eigenvalue weighted by molar-refractivity contribution is -0.124. The molecule has 2 aliphatic rings. The summed E-state index contributed by atoms with van der Waals surface area (Å²) in [6.45, 7) is 2.10. The van der Waals surface area contributed by atoms with Crippen LogP contribution in [0.15, 0.2) is 60.8 Å². The summed E-state index contributed by atoms with van der Waals surface area (Å²) in [4.78, 5) is 27.9. The second kappa shape index (κ2) is 9.82. The first-order chi connectivity index (χ1) is 18.4. The van der Waals surface area contributed by atoms with E-state index in [4.69, 9.17) is 0 Å². The van der Waals surface area contributed by atoms with Gasteiger partial charge in [-0.1, -0.05) is 49.8 Å². The maximum Gasteiger partial charge on any atom is 0.230 e. The highest BCUT2D eigenvalue weighted by Crippen LogP contribution is 2.49. The first kappa shape index (κ1) is 24.5. The molecule has 1 amide bonds. The molecule has 0 aliphatic heterocycles. The van der Waals surface area contributed by atoms with Gasteiger partial charge in [0.2, 0.25) is 5.91 Å². The lowest BCUT2D eigenvalue weighted by atomic mass is 9.87. The van der Waals surface area contributed by atoms with Gasteiger partial charge in [0, 0.05) is 35.8 Å². The Morgan fingerprint density at radius 2 is 1.95 bits per heavy atom. The summed E-state index contributed by atoms with van der Waals surface area (Å²) in [5.74, 6) is 0.922. The van der Waals surface area contributed by atoms with Crippen molar-refractivity contribution in [2.75, 3.05) is 4.90 Å². The average molecular weight is 510 g/mol. The molecule has 6 heteroatoms. The fourth-order valence-corrected chi connectivity index (χ4v) is 6.57. The van der Waals surface area contributed by atoms with Crippen LogP contribution >= 0.6 is 0 Å². The van der Waals surface area contributed by atoms with E-state index in [0.29, 0.717) is 29.2 Å². The van der Waals surface area contributed by atoms with E-state index >= 15 is 4.39 Å². The molecule has 194 valence electrons. The van der Waals surface area contributed by atoms with Crippen molar-refractivity contribution in [1.82, 2.24) is 9.78 Å². The second-order valence-electron chi connectivity index (χ2n) is 10.9. The van der Waals surface area contributed by atoms with Gasteiger partial charge < -0.3 is 4.90 Å². The van der Waals surface area contributed by atoms with Crippen LogP contribution in [0.4, 0.5) is 10.1 Å². The van der Waals surface area contributed by atoms with E-state index in [0.717, 1.165) is 46.8 Å². The van der Waals surface area contributed by atoms with Crippen molar-refractivity contribution in [3.8, 4) is 0 Å². The Bertz CT molecular complexity index is 1590. The molecule has 3 aromatic carbocycles. The van der Waals surface area contributed by atoms with Gasteiger partial charge in [0.15, 0.2) is 11.6 Å². The van der Waals surface area contributed by atoms with E-state index in [2.05, 4.69) is 5.10 Å². The van der Waals surface area contributed by atoms with Crippen molar-refractivity contribution in [3.63, 3.8) is 0 Å². The van der Waals surface area contributed by atoms with Gasteiger partial charge in [0.1, 0.15) is 5.52 Å². The number of halogens is 1. The number of hydrogen-bond donors (Lipinski definition) is 0. The smallest absolute Gasteiger partial charge is 0.230 e. The highest BCUT2D eigenvalue weighted by molar-refractivity contribution is 6.01. The zero-order valence-corrected chi connectivity index (χ0v) is 21.9. The quantitative estimate of drug-likeness (QED) is 0.257. The predicted octanol–water partition coefficient (Wildman–Crippen LogP) is 6.83. The zero-order valence-electron chi connectivity index (χ0n) is 21.9. The Balaban J connectivity index is 1.43. The van der Waals surface area contributed by atoms with E-state index in [1.54, 1.807) is 30.1 Å². The van der Waals surface area contributed by atoms with Gasteiger partial charge in [-0.3, -0.25) is 14.3 Å². The Morgan fingerprint density at radius 3 is 2.71 bits per heavy atom. The van der Waals surface area contributed by atoms with Crippen molar-refractivity contribution in [2.45, 2.75) is 45.6 Å². The molecule has 2 bridgehead atoms. The van der Waals surface area contributed by atoms with Crippen LogP contribution in [0.3, 0.4) is 0 Å². The number of aromatic nitrogens is 2. The number of amides is 1. The van der Waals surface area contributed by atoms with Crippen molar-refractivity contribution in [2.24, 2.45) is 24.8 Å². The minimum atomic E-state index is -0.310. The fraction of sp³-hybridized carbons (Fsp3) is 0.344. The number of hydrogen-bond acceptors (Lipinski definition) is 3. The summed E-state index contributed by atoms with van der Waals surface area (Å²) in [5, 5.41) is 6.32. The van der Waals surface area contributed by atoms with Crippen molar-refractivity contribution in [1.29, 1.82) is 0 Å². The normalized spacial score (nSPS) is 20.7. The first-order valence-corrected chi connectivity index (χ1v) is 13.6. The van der Waals surface area contributed by atoms with Crippen LogP contribution in [0.25, 0.3) is 27.8 Å². The lowest BCUT2D eigenvalue weighted by Gasteiger charge is -2.30. The number of aryl methyl sites for hydroxylation is 1. The third-order valence-corrected chi connectivity index (χ3v) is 8.53. The summed E-state index contributed by atoms with van der Waals surface area (Å²) in [5.41, 5.74) is 2.85. The highest BCUT2D eigenvalue weighted by Gasteiger charge is 2.44. The molecular formula is C32H32FN3O2. The molecule has 6 rings (SSSR count). The maximum atomic E-state index is 16.0. The molecule has 1 unspecified atom stereocenters. The maximum absolute atomic E-state index is 16.0. The van der Waals surface area contributed by atoms with Gasteiger partial charge in [-0.2, -0.15) is 5.10 Å². The molecule has 1 aromatic heterocycles. The zero-order chi connectivity index (χ0) is 26.4. The lowest BCUT2D eigenvalue weighted by Crippen LogP contribution is -2.38. The molecule has 0 N–H and O–H groups in total. The summed E-state index contributed by atoms with van der Waals surface area (Å²) in [7, 11) is 1.74. The van der Waals surface area contributed by atoms with Crippen LogP contribution in [-0.2, 0) is 23.2 Å². The monoisotopic (exact) mass is 509 g/mol. The number of rotatable bonds is 7. The minimum absolute atomic E-state index is 0.00165. The van der Waals surface area contributed by atoms with Gasteiger partial charge >= 0.3 is 0 Å². The van der Waals surface area contributed by atoms with Gasteiger partial charge in [-0.25, -0.2) is 4.39 Å². The molecule has 2 saturated carbocycles. The Hall–Kier alpha value is -3.80. The summed E-state index contributed by atoms with van der Waals surface area (Å²) >= 11 is 0. The molecule has 0 spiro atoms. The van der Waals surface area contributed by atoms with E-state index in [9.17, 15) is 9.59 Å². The molecule has 1 heterocycles. The summed E-state index contributed by atoms with van der Waals surface area (Å²) in [6, 6.07) is 15.4. The number of benzene rings is 3. The topological polar surface area (TPSA) is 55.2 Å². The van der Waals surface area contributed by atoms with Crippen LogP contribution in [0, 0.1) is 23.6 Å². The van der Waals surface area contributed by atoms with Crippen molar-refractivity contribution < 1.29 is 14.0 Å². The summed E-state index contributed by atoms with van der Waals surface area (Å²) in [6.07, 6.45) is 9.90. The minimum Gasteiger partial charge on any atom is -0.308 e. The highest BCUT2D eigenvalue weighted by atomic mass is 19.1. The molecule has 2 aliphatic carbocycles. The summed E-state index contributed by atoms with van der Waals surface area (Å²) < 4.78 is 17.5. The molecular weight excluding hydrogens is 477 g/mol. The van der Waals surface area contributed by atoms with E-state index in [1.807, 2.05) is 60.4 Å². The van der Waals surface area contributed by atoms with Gasteiger partial charge in [0.05, 0.1) is 12.7 Å². The van der Waals surface area contributed by atoms with Gasteiger partial charge in [-0.05, 0) is 71.9 Å². The Labute approximate surface area is 221 Å². The molecule has 2 fully saturated rings. The molecule has 38 heavy (non-hydrogen) atoms. The van der Waals surface area contributed by atoms with Crippen LogP contribution in [0.2, 0.25) is 0 Å². The number of ketones is 1. The van der Waals surface area contributed by atoms with E-state index in [1.165, 1.54) is 6.42 Å². The van der Waals surface area contributed by atoms with Crippen molar-refractivity contribution >= 4 is 45.1 Å². The molecule has 0 saturated heterocycles. The fourth-order valence-electron chi connectivity index (χ4n) is 6.57. The number of nitrogens with zero attached hydrogens (tertiary/aromatic N) is 3. The van der Waals surface area contributed by atoms with Crippen LogP contribution in [-0.4, -0.2) is 21.5 Å². The number of carbonyl (C=O) groups is 2. The molecule has 5 nitrogen and oxygen atoms in total. The number of allylic oxidation sites excluding steroid dienone is 1. The van der Waals surface area contributed by atoms with E-state index < -0.39 is 0 Å². The third kappa shape index (κ3) is 4.32.